The van der Waals surface area contributed by atoms with Gasteiger partial charge in [0.15, 0.2) is 0 Å². The van der Waals surface area contributed by atoms with Crippen molar-refractivity contribution in [2.45, 2.75) is 59.5 Å². The summed E-state index contributed by atoms with van der Waals surface area (Å²) < 4.78 is 0. The summed E-state index contributed by atoms with van der Waals surface area (Å²) in [7, 11) is 0. The Kier molecular flexibility index (Phi) is 9.59. The van der Waals surface area contributed by atoms with Gasteiger partial charge in [0, 0.05) is 25.2 Å². The number of nitrogens with one attached hydrogen (secondary N) is 4. The minimum Gasteiger partial charge on any atom is -0.338 e. The van der Waals surface area contributed by atoms with Gasteiger partial charge < -0.3 is 21.3 Å². The van der Waals surface area contributed by atoms with Gasteiger partial charge in [-0.2, -0.15) is 0 Å². The van der Waals surface area contributed by atoms with Gasteiger partial charge in [0.2, 0.25) is 0 Å². The molecule has 4 amide bonds. The van der Waals surface area contributed by atoms with E-state index in [9.17, 15) is 9.59 Å². The van der Waals surface area contributed by atoms with E-state index in [1.165, 1.54) is 0 Å². The average Bonchev–Trinajstić information content (AvgIpc) is 2.30. The zero-order valence-electron chi connectivity index (χ0n) is 13.4. The van der Waals surface area contributed by atoms with Crippen LogP contribution >= 0.6 is 0 Å². The maximum absolute atomic E-state index is 11.4. The van der Waals surface area contributed by atoms with Crippen molar-refractivity contribution >= 4 is 12.1 Å². The lowest BCUT2D eigenvalue weighted by atomic mass is 10.1. The molecule has 0 saturated carbocycles. The molecule has 0 aliphatic heterocycles. The quantitative estimate of drug-likeness (QED) is 0.513. The van der Waals surface area contributed by atoms with Gasteiger partial charge in [0.05, 0.1) is 0 Å². The Hall–Kier alpha value is -1.46. The molecule has 0 heterocycles. The molecule has 0 spiro atoms. The van der Waals surface area contributed by atoms with Gasteiger partial charge in [0.25, 0.3) is 0 Å². The highest BCUT2D eigenvalue weighted by molar-refractivity contribution is 5.74. The Morgan fingerprint density at radius 1 is 0.850 bits per heavy atom. The fourth-order valence-corrected chi connectivity index (χ4v) is 1.65. The topological polar surface area (TPSA) is 82.3 Å². The Balaban J connectivity index is 3.56. The predicted molar refractivity (Wildman–Crippen MR) is 81.7 cm³/mol. The summed E-state index contributed by atoms with van der Waals surface area (Å²) in [6, 6.07) is 0.0509. The second kappa shape index (κ2) is 10.3. The largest absolute Gasteiger partial charge is 0.338 e. The third kappa shape index (κ3) is 11.6. The van der Waals surface area contributed by atoms with Crippen LogP contribution in [0.25, 0.3) is 0 Å². The van der Waals surface area contributed by atoms with Gasteiger partial charge >= 0.3 is 12.1 Å². The first-order chi connectivity index (χ1) is 9.31. The summed E-state index contributed by atoms with van der Waals surface area (Å²) in [4.78, 5) is 22.7. The molecule has 6 heteroatoms. The molecule has 0 bridgehead atoms. The molecule has 1 atom stereocenters. The zero-order chi connectivity index (χ0) is 15.5. The van der Waals surface area contributed by atoms with Crippen LogP contribution in [0, 0.1) is 5.92 Å². The minimum absolute atomic E-state index is 0.123. The van der Waals surface area contributed by atoms with E-state index < -0.39 is 0 Å². The highest BCUT2D eigenvalue weighted by Crippen LogP contribution is 2.03. The van der Waals surface area contributed by atoms with Crippen LogP contribution in [0.5, 0.6) is 0 Å². The third-order valence-electron chi connectivity index (χ3n) is 2.61. The van der Waals surface area contributed by atoms with Crippen LogP contribution < -0.4 is 21.3 Å². The number of carbonyl (C=O) groups is 2. The summed E-state index contributed by atoms with van der Waals surface area (Å²) in [5.41, 5.74) is 0. The molecule has 0 fully saturated rings. The van der Waals surface area contributed by atoms with Gasteiger partial charge in [-0.25, -0.2) is 9.59 Å². The first-order valence-electron chi connectivity index (χ1n) is 7.40. The van der Waals surface area contributed by atoms with E-state index in [1.54, 1.807) is 0 Å². The molecule has 0 radical (unpaired) electrons. The number of amides is 4. The maximum Gasteiger partial charge on any atom is 0.314 e. The third-order valence-corrected chi connectivity index (χ3v) is 2.61. The molecule has 4 N–H and O–H groups in total. The van der Waals surface area contributed by atoms with Crippen LogP contribution in [0.3, 0.4) is 0 Å². The van der Waals surface area contributed by atoms with Gasteiger partial charge in [-0.15, -0.1) is 0 Å². The van der Waals surface area contributed by atoms with Crippen LogP contribution in [0.1, 0.15) is 47.5 Å². The zero-order valence-corrected chi connectivity index (χ0v) is 13.4. The van der Waals surface area contributed by atoms with Crippen molar-refractivity contribution in [1.82, 2.24) is 21.3 Å². The Bertz CT molecular complexity index is 293. The average molecular weight is 286 g/mol. The van der Waals surface area contributed by atoms with Gasteiger partial charge in [-0.1, -0.05) is 6.92 Å². The second-order valence-electron chi connectivity index (χ2n) is 5.81. The summed E-state index contributed by atoms with van der Waals surface area (Å²) in [6.07, 6.45) is 1.87. The highest BCUT2D eigenvalue weighted by atomic mass is 16.2. The molecule has 0 aliphatic rings. The maximum atomic E-state index is 11.4. The molecule has 0 aromatic carbocycles. The lowest BCUT2D eigenvalue weighted by molar-refractivity contribution is 0.236. The molecule has 0 saturated heterocycles. The van der Waals surface area contributed by atoms with Gasteiger partial charge in [-0.3, -0.25) is 0 Å². The molecule has 0 aromatic rings. The summed E-state index contributed by atoms with van der Waals surface area (Å²) in [5, 5.41) is 11.2. The number of hydrogen-bond donors (Lipinski definition) is 4. The van der Waals surface area contributed by atoms with E-state index in [2.05, 4.69) is 28.2 Å². The number of hydrogen-bond acceptors (Lipinski definition) is 2. The summed E-state index contributed by atoms with van der Waals surface area (Å²) in [5.74, 6) is 0.392. The summed E-state index contributed by atoms with van der Waals surface area (Å²) >= 11 is 0. The standard InChI is InChI=1S/C14H30N4O2/c1-10(2)17-13(19)15-8-6-7-12(5)9-16-14(20)18-11(3)4/h10-12H,6-9H2,1-5H3,(H2,15,17,19)(H2,16,18,20)/t12-/m1/s1. The molecule has 0 aliphatic carbocycles. The molecule has 0 aromatic heterocycles. The first kappa shape index (κ1) is 18.5. The monoisotopic (exact) mass is 286 g/mol. The Morgan fingerprint density at radius 2 is 1.35 bits per heavy atom. The normalized spacial score (nSPS) is 12.2. The van der Waals surface area contributed by atoms with Crippen molar-refractivity contribution < 1.29 is 9.59 Å². The number of urea groups is 2. The van der Waals surface area contributed by atoms with E-state index in [0.717, 1.165) is 12.8 Å². The van der Waals surface area contributed by atoms with Gasteiger partial charge in [0.1, 0.15) is 0 Å². The molecule has 0 unspecified atom stereocenters. The van der Waals surface area contributed by atoms with Crippen molar-refractivity contribution in [2.75, 3.05) is 13.1 Å². The van der Waals surface area contributed by atoms with Crippen LogP contribution in [-0.4, -0.2) is 37.2 Å². The minimum atomic E-state index is -0.124. The first-order valence-corrected chi connectivity index (χ1v) is 7.40. The molecule has 0 rings (SSSR count). The van der Waals surface area contributed by atoms with Crippen LogP contribution in [-0.2, 0) is 0 Å². The number of rotatable bonds is 8. The van der Waals surface area contributed by atoms with Crippen LogP contribution in [0.15, 0.2) is 0 Å². The Morgan fingerprint density at radius 3 is 1.85 bits per heavy atom. The van der Waals surface area contributed by atoms with E-state index in [1.807, 2.05) is 27.7 Å². The van der Waals surface area contributed by atoms with Crippen molar-refractivity contribution in [3.8, 4) is 0 Å². The molecular formula is C14H30N4O2. The van der Waals surface area contributed by atoms with Crippen molar-refractivity contribution in [3.63, 3.8) is 0 Å². The fourth-order valence-electron chi connectivity index (χ4n) is 1.65. The van der Waals surface area contributed by atoms with Gasteiger partial charge in [-0.05, 0) is 46.5 Å². The smallest absolute Gasteiger partial charge is 0.314 e. The van der Waals surface area contributed by atoms with E-state index in [4.69, 9.17) is 0 Å². The van der Waals surface area contributed by atoms with Crippen molar-refractivity contribution in [1.29, 1.82) is 0 Å². The summed E-state index contributed by atoms with van der Waals surface area (Å²) in [6.45, 7) is 11.1. The molecule has 6 nitrogen and oxygen atoms in total. The van der Waals surface area contributed by atoms with E-state index in [-0.39, 0.29) is 24.1 Å². The molecule has 20 heavy (non-hydrogen) atoms. The predicted octanol–water partition coefficient (Wildman–Crippen LogP) is 1.82. The second-order valence-corrected chi connectivity index (χ2v) is 5.81. The van der Waals surface area contributed by atoms with Crippen molar-refractivity contribution in [3.05, 3.63) is 0 Å². The lowest BCUT2D eigenvalue weighted by Gasteiger charge is -2.15. The van der Waals surface area contributed by atoms with E-state index in [0.29, 0.717) is 19.0 Å². The number of carbonyl (C=O) groups excluding carboxylic acids is 2. The molecule has 118 valence electrons. The SMILES string of the molecule is CC(C)NC(=O)NCCC[C@@H](C)CNC(=O)NC(C)C. The van der Waals surface area contributed by atoms with E-state index >= 15 is 0 Å². The van der Waals surface area contributed by atoms with Crippen molar-refractivity contribution in [2.24, 2.45) is 5.92 Å². The fraction of sp³-hybridized carbons (Fsp3) is 0.857. The lowest BCUT2D eigenvalue weighted by Crippen LogP contribution is -2.41. The highest BCUT2D eigenvalue weighted by Gasteiger charge is 2.07. The molecular weight excluding hydrogens is 256 g/mol. The van der Waals surface area contributed by atoms with Crippen LogP contribution in [0.2, 0.25) is 0 Å². The Labute approximate surface area is 122 Å². The van der Waals surface area contributed by atoms with Crippen LogP contribution in [0.4, 0.5) is 9.59 Å².